The Morgan fingerprint density at radius 3 is 2.42 bits per heavy atom. The summed E-state index contributed by atoms with van der Waals surface area (Å²) in [5, 5.41) is 0. The van der Waals surface area contributed by atoms with Crippen molar-refractivity contribution in [2.24, 2.45) is 0 Å². The molecular weight excluding hydrogens is 410 g/mol. The van der Waals surface area contributed by atoms with Crippen molar-refractivity contribution in [3.05, 3.63) is 53.6 Å². The summed E-state index contributed by atoms with van der Waals surface area (Å²) in [4.78, 5) is 15.5. The Balaban J connectivity index is 1.71. The maximum Gasteiger partial charge on any atom is 0.258 e. The molecule has 4 rings (SSSR count). The topological polar surface area (TPSA) is 92.5 Å². The molecule has 0 atom stereocenters. The normalized spacial score (nSPS) is 18.2. The first kappa shape index (κ1) is 21.8. The van der Waals surface area contributed by atoms with Gasteiger partial charge in [-0.1, -0.05) is 37.5 Å². The smallest absolute Gasteiger partial charge is 0.258 e. The standard InChI is InChI=1S/C24H31N3O3S/c1-23(2,3)26-31(29,30)18-10-7-9-17(15-18)22(28)27-16-24(13-5-4-6-14-24)19-11-8-12-20(25)21(19)27/h7-12,15,26H,4-6,13-14,16,25H2,1-3H3. The van der Waals surface area contributed by atoms with E-state index in [2.05, 4.69) is 10.8 Å². The van der Waals surface area contributed by atoms with E-state index in [1.54, 1.807) is 37.8 Å². The molecule has 31 heavy (non-hydrogen) atoms. The lowest BCUT2D eigenvalue weighted by Gasteiger charge is -2.34. The predicted molar refractivity (Wildman–Crippen MR) is 124 cm³/mol. The fourth-order valence-electron chi connectivity index (χ4n) is 5.00. The number of fused-ring (bicyclic) bond motifs is 2. The largest absolute Gasteiger partial charge is 0.397 e. The number of nitrogens with zero attached hydrogens (tertiary/aromatic N) is 1. The highest BCUT2D eigenvalue weighted by molar-refractivity contribution is 7.89. The molecule has 0 saturated heterocycles. The van der Waals surface area contributed by atoms with Gasteiger partial charge in [-0.2, -0.15) is 0 Å². The first-order valence-electron chi connectivity index (χ1n) is 10.9. The van der Waals surface area contributed by atoms with Crippen LogP contribution in [-0.2, 0) is 15.4 Å². The average Bonchev–Trinajstić information content (AvgIpc) is 3.01. The van der Waals surface area contributed by atoms with E-state index in [4.69, 9.17) is 5.73 Å². The van der Waals surface area contributed by atoms with Crippen molar-refractivity contribution < 1.29 is 13.2 Å². The van der Waals surface area contributed by atoms with Gasteiger partial charge in [0.15, 0.2) is 0 Å². The van der Waals surface area contributed by atoms with E-state index in [0.717, 1.165) is 36.9 Å². The van der Waals surface area contributed by atoms with Crippen LogP contribution in [-0.4, -0.2) is 26.4 Å². The number of benzene rings is 2. The molecule has 2 aromatic carbocycles. The summed E-state index contributed by atoms with van der Waals surface area (Å²) in [7, 11) is -3.74. The van der Waals surface area contributed by atoms with Gasteiger partial charge in [-0.05, 0) is 63.4 Å². The molecule has 0 aromatic heterocycles. The van der Waals surface area contributed by atoms with E-state index >= 15 is 0 Å². The zero-order valence-electron chi connectivity index (χ0n) is 18.4. The van der Waals surface area contributed by atoms with Gasteiger partial charge < -0.3 is 10.6 Å². The minimum atomic E-state index is -3.74. The number of sulfonamides is 1. The number of nitrogens with one attached hydrogen (secondary N) is 1. The molecule has 166 valence electrons. The predicted octanol–water partition coefficient (Wildman–Crippen LogP) is 4.21. The fourth-order valence-corrected chi connectivity index (χ4v) is 6.46. The first-order chi connectivity index (χ1) is 14.5. The molecule has 0 bridgehead atoms. The molecule has 1 aliphatic carbocycles. The van der Waals surface area contributed by atoms with E-state index in [1.807, 2.05) is 12.1 Å². The number of hydrogen-bond acceptors (Lipinski definition) is 4. The van der Waals surface area contributed by atoms with Gasteiger partial charge in [0.2, 0.25) is 10.0 Å². The van der Waals surface area contributed by atoms with Crippen molar-refractivity contribution in [2.75, 3.05) is 17.2 Å². The number of nitrogens with two attached hydrogens (primary N) is 1. The molecule has 7 heteroatoms. The number of carbonyl (C=O) groups excluding carboxylic acids is 1. The number of carbonyl (C=O) groups is 1. The van der Waals surface area contributed by atoms with Crippen molar-refractivity contribution >= 4 is 27.3 Å². The second kappa shape index (κ2) is 7.64. The molecule has 2 aromatic rings. The molecule has 1 heterocycles. The summed E-state index contributed by atoms with van der Waals surface area (Å²) < 4.78 is 28.2. The van der Waals surface area contributed by atoms with E-state index < -0.39 is 15.6 Å². The number of para-hydroxylation sites is 1. The maximum absolute atomic E-state index is 13.6. The summed E-state index contributed by atoms with van der Waals surface area (Å²) >= 11 is 0. The van der Waals surface area contributed by atoms with Gasteiger partial charge in [0.25, 0.3) is 5.91 Å². The van der Waals surface area contributed by atoms with Gasteiger partial charge >= 0.3 is 0 Å². The van der Waals surface area contributed by atoms with Crippen LogP contribution in [0.3, 0.4) is 0 Å². The number of nitrogen functional groups attached to an aromatic ring is 1. The molecule has 1 fully saturated rings. The number of hydrogen-bond donors (Lipinski definition) is 2. The molecule has 1 spiro atoms. The zero-order valence-corrected chi connectivity index (χ0v) is 19.3. The molecule has 0 radical (unpaired) electrons. The second-order valence-corrected chi connectivity index (χ2v) is 11.5. The van der Waals surface area contributed by atoms with Crippen molar-refractivity contribution in [3.8, 4) is 0 Å². The van der Waals surface area contributed by atoms with Crippen molar-refractivity contribution in [3.63, 3.8) is 0 Å². The van der Waals surface area contributed by atoms with Crippen LogP contribution >= 0.6 is 0 Å². The minimum absolute atomic E-state index is 0.0594. The lowest BCUT2D eigenvalue weighted by atomic mass is 9.71. The average molecular weight is 442 g/mol. The van der Waals surface area contributed by atoms with Crippen LogP contribution in [0.4, 0.5) is 11.4 Å². The Morgan fingerprint density at radius 1 is 1.06 bits per heavy atom. The highest BCUT2D eigenvalue weighted by atomic mass is 32.2. The summed E-state index contributed by atoms with van der Waals surface area (Å²) in [6.07, 6.45) is 5.58. The molecule has 1 aliphatic heterocycles. The molecule has 2 aliphatic rings. The van der Waals surface area contributed by atoms with Gasteiger partial charge in [0.1, 0.15) is 0 Å². The first-order valence-corrected chi connectivity index (χ1v) is 12.4. The summed E-state index contributed by atoms with van der Waals surface area (Å²) in [5.74, 6) is -0.214. The van der Waals surface area contributed by atoms with Gasteiger partial charge in [0.05, 0.1) is 16.3 Å². The molecule has 0 unspecified atom stereocenters. The molecule has 3 N–H and O–H groups in total. The lowest BCUT2D eigenvalue weighted by Crippen LogP contribution is -2.40. The summed E-state index contributed by atoms with van der Waals surface area (Å²) in [6, 6.07) is 12.1. The fraction of sp³-hybridized carbons (Fsp3) is 0.458. The van der Waals surface area contributed by atoms with E-state index in [9.17, 15) is 13.2 Å². The Morgan fingerprint density at radius 2 is 1.74 bits per heavy atom. The highest BCUT2D eigenvalue weighted by Gasteiger charge is 2.46. The minimum Gasteiger partial charge on any atom is -0.397 e. The highest BCUT2D eigenvalue weighted by Crippen LogP contribution is 2.51. The van der Waals surface area contributed by atoms with Crippen LogP contribution < -0.4 is 15.4 Å². The van der Waals surface area contributed by atoms with Crippen LogP contribution in [0.15, 0.2) is 47.4 Å². The number of anilines is 2. The molecule has 6 nitrogen and oxygen atoms in total. The lowest BCUT2D eigenvalue weighted by molar-refractivity contribution is 0.0982. The number of rotatable bonds is 3. The monoisotopic (exact) mass is 441 g/mol. The van der Waals surface area contributed by atoms with E-state index in [1.165, 1.54) is 18.6 Å². The quantitative estimate of drug-likeness (QED) is 0.698. The van der Waals surface area contributed by atoms with Gasteiger partial charge in [-0.25, -0.2) is 13.1 Å². The second-order valence-electron chi connectivity index (χ2n) is 9.86. The van der Waals surface area contributed by atoms with E-state index in [0.29, 0.717) is 17.8 Å². The zero-order chi connectivity index (χ0) is 22.4. The van der Waals surface area contributed by atoms with Gasteiger partial charge in [-0.15, -0.1) is 0 Å². The van der Waals surface area contributed by atoms with E-state index in [-0.39, 0.29) is 16.2 Å². The van der Waals surface area contributed by atoms with Crippen LogP contribution in [0.1, 0.15) is 68.8 Å². The third kappa shape index (κ3) is 4.08. The van der Waals surface area contributed by atoms with Gasteiger partial charge in [-0.3, -0.25) is 4.79 Å². The van der Waals surface area contributed by atoms with Crippen LogP contribution in [0.5, 0.6) is 0 Å². The van der Waals surface area contributed by atoms with Crippen LogP contribution in [0.2, 0.25) is 0 Å². The molecular formula is C24H31N3O3S. The van der Waals surface area contributed by atoms with Gasteiger partial charge in [0, 0.05) is 23.1 Å². The summed E-state index contributed by atoms with van der Waals surface area (Å²) in [5.41, 5.74) is 8.54. The SMILES string of the molecule is CC(C)(C)NS(=O)(=O)c1cccc(C(=O)N2CC3(CCCCC3)c3cccc(N)c32)c1. The van der Waals surface area contributed by atoms with Crippen molar-refractivity contribution in [2.45, 2.75) is 68.7 Å². The molecule has 1 saturated carbocycles. The van der Waals surface area contributed by atoms with Crippen LogP contribution in [0, 0.1) is 0 Å². The molecule has 1 amide bonds. The Hall–Kier alpha value is -2.38. The Kier molecular flexibility index (Phi) is 5.38. The third-order valence-corrected chi connectivity index (χ3v) is 8.01. The number of amides is 1. The van der Waals surface area contributed by atoms with Crippen LogP contribution in [0.25, 0.3) is 0 Å². The Bertz CT molecular complexity index is 1110. The Labute approximate surface area is 184 Å². The van der Waals surface area contributed by atoms with Crippen molar-refractivity contribution in [1.82, 2.24) is 4.72 Å². The maximum atomic E-state index is 13.6. The third-order valence-electron chi connectivity index (χ3n) is 6.26. The van der Waals surface area contributed by atoms with Crippen molar-refractivity contribution in [1.29, 1.82) is 0 Å². The summed E-state index contributed by atoms with van der Waals surface area (Å²) in [6.45, 7) is 5.94.